The van der Waals surface area contributed by atoms with Crippen LogP contribution in [0.15, 0.2) is 18.2 Å². The van der Waals surface area contributed by atoms with Crippen LogP contribution in [-0.4, -0.2) is 6.04 Å². The van der Waals surface area contributed by atoms with E-state index in [4.69, 9.17) is 5.26 Å². The molecule has 1 N–H and O–H groups in total. The lowest BCUT2D eigenvalue weighted by Gasteiger charge is -2.43. The lowest BCUT2D eigenvalue weighted by Crippen LogP contribution is -2.50. The van der Waals surface area contributed by atoms with Crippen LogP contribution < -0.4 is 5.32 Å². The summed E-state index contributed by atoms with van der Waals surface area (Å²) >= 11 is 0. The SMILES string of the molecule is CC12CCC(C1)C(C)(C)C2NCc1cc(F)ccc1C#N. The normalized spacial score (nSPS) is 33.1. The lowest BCUT2D eigenvalue weighted by atomic mass is 9.68. The van der Waals surface area contributed by atoms with Gasteiger partial charge in [-0.2, -0.15) is 5.26 Å². The van der Waals surface area contributed by atoms with Crippen molar-refractivity contribution in [2.45, 2.75) is 52.6 Å². The molecule has 21 heavy (non-hydrogen) atoms. The molecule has 2 bridgehead atoms. The third-order valence-corrected chi connectivity index (χ3v) is 5.95. The van der Waals surface area contributed by atoms with E-state index in [1.165, 1.54) is 31.4 Å². The third-order valence-electron chi connectivity index (χ3n) is 5.95. The van der Waals surface area contributed by atoms with Gasteiger partial charge in [0.15, 0.2) is 0 Å². The fraction of sp³-hybridized carbons (Fsp3) is 0.611. The summed E-state index contributed by atoms with van der Waals surface area (Å²) in [6, 6.07) is 6.99. The number of nitrogens with one attached hydrogen (secondary N) is 1. The van der Waals surface area contributed by atoms with Gasteiger partial charge < -0.3 is 5.32 Å². The topological polar surface area (TPSA) is 35.8 Å². The monoisotopic (exact) mass is 286 g/mol. The highest BCUT2D eigenvalue weighted by molar-refractivity contribution is 5.37. The average Bonchev–Trinajstić information content (AvgIpc) is 2.89. The zero-order valence-corrected chi connectivity index (χ0v) is 13.0. The molecule has 2 aliphatic carbocycles. The van der Waals surface area contributed by atoms with E-state index < -0.39 is 0 Å². The van der Waals surface area contributed by atoms with Gasteiger partial charge in [0.2, 0.25) is 0 Å². The molecule has 2 nitrogen and oxygen atoms in total. The summed E-state index contributed by atoms with van der Waals surface area (Å²) in [5.41, 5.74) is 1.94. The predicted octanol–water partition coefficient (Wildman–Crippen LogP) is 4.00. The van der Waals surface area contributed by atoms with Gasteiger partial charge in [0, 0.05) is 12.6 Å². The van der Waals surface area contributed by atoms with Crippen LogP contribution >= 0.6 is 0 Å². The number of hydrogen-bond donors (Lipinski definition) is 1. The fourth-order valence-corrected chi connectivity index (χ4v) is 4.84. The summed E-state index contributed by atoms with van der Waals surface area (Å²) in [7, 11) is 0. The molecule has 3 rings (SSSR count). The molecule has 0 aliphatic heterocycles. The van der Waals surface area contributed by atoms with Crippen LogP contribution in [0.5, 0.6) is 0 Å². The van der Waals surface area contributed by atoms with Gasteiger partial charge >= 0.3 is 0 Å². The first-order chi connectivity index (χ1) is 9.87. The molecule has 1 aromatic carbocycles. The number of nitriles is 1. The van der Waals surface area contributed by atoms with Crippen molar-refractivity contribution in [2.75, 3.05) is 0 Å². The minimum absolute atomic E-state index is 0.271. The molecule has 0 aromatic heterocycles. The summed E-state index contributed by atoms with van der Waals surface area (Å²) < 4.78 is 13.4. The highest BCUT2D eigenvalue weighted by atomic mass is 19.1. The summed E-state index contributed by atoms with van der Waals surface area (Å²) in [6.07, 6.45) is 3.88. The van der Waals surface area contributed by atoms with E-state index in [1.807, 2.05) is 0 Å². The van der Waals surface area contributed by atoms with Crippen LogP contribution in [0.1, 0.15) is 51.2 Å². The first-order valence-electron chi connectivity index (χ1n) is 7.79. The Labute approximate surface area is 126 Å². The smallest absolute Gasteiger partial charge is 0.123 e. The molecule has 2 aliphatic rings. The Morgan fingerprint density at radius 2 is 2.14 bits per heavy atom. The van der Waals surface area contributed by atoms with E-state index in [1.54, 1.807) is 6.07 Å². The molecule has 0 heterocycles. The zero-order chi connectivity index (χ0) is 15.3. The van der Waals surface area contributed by atoms with Gasteiger partial charge in [-0.25, -0.2) is 4.39 Å². The van der Waals surface area contributed by atoms with Crippen LogP contribution in [0.2, 0.25) is 0 Å². The summed E-state index contributed by atoms with van der Waals surface area (Å²) in [6.45, 7) is 7.63. The standard InChI is InChI=1S/C18H23FN2/c1-17(2)14-6-7-18(3,9-14)16(17)21-11-13-8-15(19)5-4-12(13)10-20/h4-5,8,14,16,21H,6-7,9,11H2,1-3H3. The van der Waals surface area contributed by atoms with E-state index in [9.17, 15) is 4.39 Å². The van der Waals surface area contributed by atoms with Crippen LogP contribution in [0.25, 0.3) is 0 Å². The quantitative estimate of drug-likeness (QED) is 0.911. The van der Waals surface area contributed by atoms with Gasteiger partial charge in [-0.05, 0) is 59.8 Å². The Bertz CT molecular complexity index is 597. The van der Waals surface area contributed by atoms with Crippen LogP contribution in [0, 0.1) is 33.9 Å². The predicted molar refractivity (Wildman–Crippen MR) is 81.0 cm³/mol. The number of fused-ring (bicyclic) bond motifs is 2. The second-order valence-corrected chi connectivity index (χ2v) is 7.64. The number of benzene rings is 1. The van der Waals surface area contributed by atoms with Crippen molar-refractivity contribution in [1.82, 2.24) is 5.32 Å². The van der Waals surface area contributed by atoms with Crippen molar-refractivity contribution in [1.29, 1.82) is 5.26 Å². The minimum Gasteiger partial charge on any atom is -0.309 e. The largest absolute Gasteiger partial charge is 0.309 e. The number of rotatable bonds is 3. The van der Waals surface area contributed by atoms with E-state index in [-0.39, 0.29) is 11.2 Å². The summed E-state index contributed by atoms with van der Waals surface area (Å²) in [5.74, 6) is 0.507. The van der Waals surface area contributed by atoms with Crippen molar-refractivity contribution in [3.05, 3.63) is 35.1 Å². The van der Waals surface area contributed by atoms with Crippen LogP contribution in [0.3, 0.4) is 0 Å². The van der Waals surface area contributed by atoms with Crippen molar-refractivity contribution in [3.63, 3.8) is 0 Å². The van der Waals surface area contributed by atoms with E-state index in [2.05, 4.69) is 32.2 Å². The number of hydrogen-bond acceptors (Lipinski definition) is 2. The zero-order valence-electron chi connectivity index (χ0n) is 13.0. The maximum absolute atomic E-state index is 13.4. The second-order valence-electron chi connectivity index (χ2n) is 7.64. The Morgan fingerprint density at radius 1 is 1.38 bits per heavy atom. The molecule has 0 amide bonds. The molecule has 3 heteroatoms. The van der Waals surface area contributed by atoms with E-state index in [0.29, 0.717) is 23.6 Å². The summed E-state index contributed by atoms with van der Waals surface area (Å²) in [4.78, 5) is 0. The van der Waals surface area contributed by atoms with Crippen LogP contribution in [0.4, 0.5) is 4.39 Å². The Hall–Kier alpha value is -1.40. The molecule has 0 spiro atoms. The average molecular weight is 286 g/mol. The second kappa shape index (κ2) is 4.81. The first kappa shape index (κ1) is 14.5. The Balaban J connectivity index is 1.80. The van der Waals surface area contributed by atoms with Gasteiger partial charge in [-0.3, -0.25) is 0 Å². The maximum Gasteiger partial charge on any atom is 0.123 e. The summed E-state index contributed by atoms with van der Waals surface area (Å²) in [5, 5.41) is 12.8. The van der Waals surface area contributed by atoms with Gasteiger partial charge in [0.1, 0.15) is 5.82 Å². The molecular formula is C18H23FN2. The highest BCUT2D eigenvalue weighted by Gasteiger charge is 2.58. The molecule has 112 valence electrons. The number of halogens is 1. The van der Waals surface area contributed by atoms with E-state index >= 15 is 0 Å². The van der Waals surface area contributed by atoms with Crippen molar-refractivity contribution >= 4 is 0 Å². The first-order valence-corrected chi connectivity index (χ1v) is 7.79. The molecule has 0 saturated heterocycles. The van der Waals surface area contributed by atoms with Crippen molar-refractivity contribution in [3.8, 4) is 6.07 Å². The van der Waals surface area contributed by atoms with Gasteiger partial charge in [-0.1, -0.05) is 20.8 Å². The van der Waals surface area contributed by atoms with Gasteiger partial charge in [0.05, 0.1) is 11.6 Å². The molecular weight excluding hydrogens is 263 g/mol. The van der Waals surface area contributed by atoms with E-state index in [0.717, 1.165) is 11.5 Å². The van der Waals surface area contributed by atoms with Gasteiger partial charge in [-0.15, -0.1) is 0 Å². The Morgan fingerprint density at radius 3 is 2.76 bits per heavy atom. The highest BCUT2D eigenvalue weighted by Crippen LogP contribution is 2.62. The fourth-order valence-electron chi connectivity index (χ4n) is 4.84. The Kier molecular flexibility index (Phi) is 3.33. The molecule has 2 fully saturated rings. The van der Waals surface area contributed by atoms with Gasteiger partial charge in [0.25, 0.3) is 0 Å². The molecule has 2 saturated carbocycles. The molecule has 1 aromatic rings. The number of nitrogens with zero attached hydrogens (tertiary/aromatic N) is 1. The molecule has 3 unspecified atom stereocenters. The minimum atomic E-state index is -0.274. The maximum atomic E-state index is 13.4. The lowest BCUT2D eigenvalue weighted by molar-refractivity contribution is 0.108. The molecule has 3 atom stereocenters. The van der Waals surface area contributed by atoms with Crippen molar-refractivity contribution in [2.24, 2.45) is 16.7 Å². The third kappa shape index (κ3) is 2.26. The van der Waals surface area contributed by atoms with Crippen molar-refractivity contribution < 1.29 is 4.39 Å². The van der Waals surface area contributed by atoms with Crippen LogP contribution in [-0.2, 0) is 6.54 Å². The molecule has 0 radical (unpaired) electrons.